The van der Waals surface area contributed by atoms with Gasteiger partial charge in [0.2, 0.25) is 0 Å². The fourth-order valence-corrected chi connectivity index (χ4v) is 3.81. The zero-order valence-corrected chi connectivity index (χ0v) is 13.0. The van der Waals surface area contributed by atoms with Crippen LogP contribution in [-0.4, -0.2) is 16.6 Å². The quantitative estimate of drug-likeness (QED) is 0.496. The van der Waals surface area contributed by atoms with Crippen molar-refractivity contribution >= 4 is 11.4 Å². The van der Waals surface area contributed by atoms with Gasteiger partial charge in [-0.15, -0.1) is 0 Å². The Hall–Kier alpha value is -2.60. The number of nitrogens with zero attached hydrogens (tertiary/aromatic N) is 1. The number of benzene rings is 2. The van der Waals surface area contributed by atoms with E-state index in [2.05, 4.69) is 5.32 Å². The van der Waals surface area contributed by atoms with Crippen molar-refractivity contribution in [1.82, 2.24) is 0 Å². The van der Waals surface area contributed by atoms with E-state index in [4.69, 9.17) is 4.74 Å². The molecule has 2 aliphatic rings. The summed E-state index contributed by atoms with van der Waals surface area (Å²) < 4.78 is 6.02. The minimum absolute atomic E-state index is 0.0445. The van der Waals surface area contributed by atoms with Crippen molar-refractivity contribution in [3.05, 3.63) is 63.7 Å². The van der Waals surface area contributed by atoms with E-state index in [1.807, 2.05) is 12.1 Å². The predicted octanol–water partition coefficient (Wildman–Crippen LogP) is 3.93. The maximum atomic E-state index is 10.9. The Bertz CT molecular complexity index is 775. The summed E-state index contributed by atoms with van der Waals surface area (Å²) in [5.74, 6) is 0.432. The Morgan fingerprint density at radius 3 is 2.75 bits per heavy atom. The van der Waals surface area contributed by atoms with E-state index in [1.54, 1.807) is 18.2 Å². The third-order valence-electron chi connectivity index (χ3n) is 4.94. The first-order chi connectivity index (χ1) is 11.6. The second-order valence-corrected chi connectivity index (χ2v) is 6.31. The zero-order chi connectivity index (χ0) is 16.7. The van der Waals surface area contributed by atoms with Crippen LogP contribution in [0.3, 0.4) is 0 Å². The first-order valence-corrected chi connectivity index (χ1v) is 8.09. The van der Waals surface area contributed by atoms with Crippen LogP contribution in [0, 0.1) is 16.0 Å². The number of nitrogens with one attached hydrogen (secondary N) is 1. The first kappa shape index (κ1) is 15.0. The molecule has 0 aromatic heterocycles. The summed E-state index contributed by atoms with van der Waals surface area (Å²) in [5, 5.41) is 24.5. The molecule has 3 atom stereocenters. The van der Waals surface area contributed by atoms with Crippen molar-refractivity contribution in [3.8, 4) is 5.75 Å². The number of non-ortho nitro benzene ring substituents is 1. The SMILES string of the molecule is O=[N+]([O-])c1ccc([C@H]2Nc3c(O)cccc3[C@@H]3OCCC[C@H]23)cc1. The molecule has 4 rings (SSSR count). The lowest BCUT2D eigenvalue weighted by atomic mass is 9.77. The van der Waals surface area contributed by atoms with Crippen LogP contribution in [0.25, 0.3) is 0 Å². The molecule has 6 heteroatoms. The molecule has 0 spiro atoms. The van der Waals surface area contributed by atoms with E-state index in [9.17, 15) is 15.2 Å². The number of para-hydroxylation sites is 1. The van der Waals surface area contributed by atoms with Crippen LogP contribution in [0.5, 0.6) is 5.75 Å². The number of nitro groups is 1. The highest BCUT2D eigenvalue weighted by Gasteiger charge is 2.40. The van der Waals surface area contributed by atoms with Crippen molar-refractivity contribution < 1.29 is 14.8 Å². The molecule has 2 aliphatic heterocycles. The van der Waals surface area contributed by atoms with Crippen LogP contribution in [0.15, 0.2) is 42.5 Å². The Kier molecular flexibility index (Phi) is 3.61. The second-order valence-electron chi connectivity index (χ2n) is 6.31. The van der Waals surface area contributed by atoms with Gasteiger partial charge in [0.15, 0.2) is 0 Å². The summed E-state index contributed by atoms with van der Waals surface area (Å²) in [6, 6.07) is 12.0. The van der Waals surface area contributed by atoms with Crippen molar-refractivity contribution in [2.45, 2.75) is 25.0 Å². The topological polar surface area (TPSA) is 84.6 Å². The maximum Gasteiger partial charge on any atom is 0.269 e. The van der Waals surface area contributed by atoms with E-state index in [1.165, 1.54) is 12.1 Å². The molecular formula is C18H18N2O4. The Morgan fingerprint density at radius 1 is 1.21 bits per heavy atom. The van der Waals surface area contributed by atoms with Gasteiger partial charge in [-0.3, -0.25) is 10.1 Å². The highest BCUT2D eigenvalue weighted by atomic mass is 16.6. The number of phenolic OH excluding ortho intramolecular Hbond substituents is 1. The molecule has 2 aromatic rings. The van der Waals surface area contributed by atoms with Gasteiger partial charge in [-0.2, -0.15) is 0 Å². The summed E-state index contributed by atoms with van der Waals surface area (Å²) in [7, 11) is 0. The standard InChI is InChI=1S/C18H18N2O4/c21-15-5-1-3-14-17(15)19-16(13-4-2-10-24-18(13)14)11-6-8-12(9-7-11)20(22)23/h1,3,5-9,13,16,18-19,21H,2,4,10H2/t13-,16-,18-/m1/s1. The van der Waals surface area contributed by atoms with E-state index in [0.29, 0.717) is 12.3 Å². The fourth-order valence-electron chi connectivity index (χ4n) is 3.81. The molecule has 2 N–H and O–H groups in total. The van der Waals surface area contributed by atoms with Crippen LogP contribution < -0.4 is 5.32 Å². The molecule has 0 unspecified atom stereocenters. The largest absolute Gasteiger partial charge is 0.506 e. The normalized spacial score (nSPS) is 25.2. The molecule has 124 valence electrons. The van der Waals surface area contributed by atoms with Crippen LogP contribution in [0.2, 0.25) is 0 Å². The highest BCUT2D eigenvalue weighted by molar-refractivity contribution is 5.65. The molecule has 24 heavy (non-hydrogen) atoms. The third kappa shape index (κ3) is 2.39. The smallest absolute Gasteiger partial charge is 0.269 e. The first-order valence-electron chi connectivity index (χ1n) is 8.09. The number of fused-ring (bicyclic) bond motifs is 3. The summed E-state index contributed by atoms with van der Waals surface area (Å²) >= 11 is 0. The molecule has 0 saturated carbocycles. The minimum atomic E-state index is -0.397. The van der Waals surface area contributed by atoms with Gasteiger partial charge in [0, 0.05) is 30.2 Å². The van der Waals surface area contributed by atoms with Crippen LogP contribution in [-0.2, 0) is 4.74 Å². The molecule has 0 bridgehead atoms. The molecule has 1 saturated heterocycles. The monoisotopic (exact) mass is 326 g/mol. The lowest BCUT2D eigenvalue weighted by Crippen LogP contribution is -2.36. The number of hydrogen-bond acceptors (Lipinski definition) is 5. The summed E-state index contributed by atoms with van der Waals surface area (Å²) in [6.45, 7) is 0.712. The van der Waals surface area contributed by atoms with Gasteiger partial charge >= 0.3 is 0 Å². The fraction of sp³-hybridized carbons (Fsp3) is 0.333. The number of nitro benzene ring substituents is 1. The molecule has 0 aliphatic carbocycles. The predicted molar refractivity (Wildman–Crippen MR) is 89.0 cm³/mol. The van der Waals surface area contributed by atoms with E-state index in [0.717, 1.165) is 24.0 Å². The van der Waals surface area contributed by atoms with Crippen molar-refractivity contribution in [3.63, 3.8) is 0 Å². The van der Waals surface area contributed by atoms with Crippen LogP contribution in [0.4, 0.5) is 11.4 Å². The molecular weight excluding hydrogens is 308 g/mol. The van der Waals surface area contributed by atoms with Crippen molar-refractivity contribution in [2.75, 3.05) is 11.9 Å². The van der Waals surface area contributed by atoms with E-state index in [-0.39, 0.29) is 29.5 Å². The molecule has 6 nitrogen and oxygen atoms in total. The second kappa shape index (κ2) is 5.79. The Labute approximate surface area is 139 Å². The van der Waals surface area contributed by atoms with Gasteiger partial charge in [-0.05, 0) is 24.5 Å². The van der Waals surface area contributed by atoms with Crippen molar-refractivity contribution in [1.29, 1.82) is 0 Å². The lowest BCUT2D eigenvalue weighted by Gasteiger charge is -2.43. The number of aromatic hydroxyl groups is 1. The number of rotatable bonds is 2. The summed E-state index contributed by atoms with van der Waals surface area (Å²) in [4.78, 5) is 10.5. The summed E-state index contributed by atoms with van der Waals surface area (Å²) in [5.41, 5.74) is 2.73. The van der Waals surface area contributed by atoms with Gasteiger partial charge in [0.05, 0.1) is 22.8 Å². The van der Waals surface area contributed by atoms with Gasteiger partial charge in [-0.25, -0.2) is 0 Å². The van der Waals surface area contributed by atoms with Gasteiger partial charge in [0.25, 0.3) is 5.69 Å². The van der Waals surface area contributed by atoms with Gasteiger partial charge in [0.1, 0.15) is 5.75 Å². The van der Waals surface area contributed by atoms with E-state index < -0.39 is 4.92 Å². The number of phenols is 1. The summed E-state index contributed by atoms with van der Waals surface area (Å²) in [6.07, 6.45) is 1.93. The average Bonchev–Trinajstić information content (AvgIpc) is 2.61. The Morgan fingerprint density at radius 2 is 2.00 bits per heavy atom. The van der Waals surface area contributed by atoms with Crippen LogP contribution >= 0.6 is 0 Å². The molecule has 0 radical (unpaired) electrons. The number of hydrogen-bond donors (Lipinski definition) is 2. The van der Waals surface area contributed by atoms with Crippen LogP contribution in [0.1, 0.15) is 36.1 Å². The number of ether oxygens (including phenoxy) is 1. The van der Waals surface area contributed by atoms with Gasteiger partial charge < -0.3 is 15.2 Å². The minimum Gasteiger partial charge on any atom is -0.506 e. The van der Waals surface area contributed by atoms with E-state index >= 15 is 0 Å². The number of anilines is 1. The van der Waals surface area contributed by atoms with Gasteiger partial charge in [-0.1, -0.05) is 24.3 Å². The maximum absolute atomic E-state index is 10.9. The molecule has 2 heterocycles. The highest BCUT2D eigenvalue weighted by Crippen LogP contribution is 2.51. The Balaban J connectivity index is 1.75. The third-order valence-corrected chi connectivity index (χ3v) is 4.94. The van der Waals surface area contributed by atoms with Crippen molar-refractivity contribution in [2.24, 2.45) is 5.92 Å². The molecule has 0 amide bonds. The molecule has 2 aromatic carbocycles. The average molecular weight is 326 g/mol. The molecule has 1 fully saturated rings. The lowest BCUT2D eigenvalue weighted by molar-refractivity contribution is -0.384. The zero-order valence-electron chi connectivity index (χ0n) is 13.0.